The summed E-state index contributed by atoms with van der Waals surface area (Å²) >= 11 is 12.4. The van der Waals surface area contributed by atoms with Crippen LogP contribution in [0.1, 0.15) is 25.0 Å². The highest BCUT2D eigenvalue weighted by Gasteiger charge is 2.13. The number of carbonyl (C=O) groups excluding carboxylic acids is 1. The van der Waals surface area contributed by atoms with Gasteiger partial charge in [0.15, 0.2) is 11.5 Å². The predicted molar refractivity (Wildman–Crippen MR) is 131 cm³/mol. The normalized spacial score (nSPS) is 10.7. The maximum Gasteiger partial charge on any atom is 0.226 e. The van der Waals surface area contributed by atoms with Crippen molar-refractivity contribution >= 4 is 40.5 Å². The van der Waals surface area contributed by atoms with Crippen molar-refractivity contribution in [1.29, 1.82) is 0 Å². The number of ether oxygens (including phenoxy) is 2. The monoisotopic (exact) mass is 472 g/mol. The summed E-state index contributed by atoms with van der Waals surface area (Å²) in [7, 11) is 1.59. The number of carbonyl (C=O) groups is 1. The zero-order valence-corrected chi connectivity index (χ0v) is 19.8. The molecule has 0 aliphatic carbocycles. The molecule has 0 aromatic heterocycles. The predicted octanol–water partition coefficient (Wildman–Crippen LogP) is 6.79. The lowest BCUT2D eigenvalue weighted by Crippen LogP contribution is -2.17. The number of halogens is 2. The third-order valence-corrected chi connectivity index (χ3v) is 5.29. The summed E-state index contributed by atoms with van der Waals surface area (Å²) in [4.78, 5) is 11.8. The molecule has 0 saturated carbocycles. The molecule has 0 unspecified atom stereocenters. The van der Waals surface area contributed by atoms with Gasteiger partial charge in [-0.05, 0) is 59.7 Å². The standard InChI is InChI=1S/C25H26Cl2N2O3/c1-16(2)25(30)29-21-10-8-20(9-11-21)28-14-18-12-22(27)24(23(13-18)31-3)32-15-17-4-6-19(26)7-5-17/h4-13,16,28H,14-15H2,1-3H3,(H,29,30). The van der Waals surface area contributed by atoms with Crippen molar-refractivity contribution < 1.29 is 14.3 Å². The van der Waals surface area contributed by atoms with Crippen LogP contribution in [-0.2, 0) is 17.9 Å². The average molecular weight is 473 g/mol. The molecule has 3 aromatic rings. The maximum absolute atomic E-state index is 11.8. The van der Waals surface area contributed by atoms with Gasteiger partial charge in [0.05, 0.1) is 12.1 Å². The van der Waals surface area contributed by atoms with Crippen LogP contribution in [-0.4, -0.2) is 13.0 Å². The second kappa shape index (κ2) is 11.1. The van der Waals surface area contributed by atoms with E-state index in [4.69, 9.17) is 32.7 Å². The van der Waals surface area contributed by atoms with E-state index in [1.54, 1.807) is 7.11 Å². The smallest absolute Gasteiger partial charge is 0.226 e. The molecule has 1 amide bonds. The minimum Gasteiger partial charge on any atom is -0.493 e. The fourth-order valence-electron chi connectivity index (χ4n) is 2.91. The van der Waals surface area contributed by atoms with Gasteiger partial charge in [-0.1, -0.05) is 49.2 Å². The Morgan fingerprint density at radius 2 is 1.59 bits per heavy atom. The molecule has 3 aromatic carbocycles. The minimum absolute atomic E-state index is 0.00850. The number of methoxy groups -OCH3 is 1. The Balaban J connectivity index is 1.62. The van der Waals surface area contributed by atoms with Crippen molar-refractivity contribution in [2.45, 2.75) is 27.0 Å². The van der Waals surface area contributed by atoms with Gasteiger partial charge in [-0.2, -0.15) is 0 Å². The third-order valence-electron chi connectivity index (χ3n) is 4.76. The van der Waals surface area contributed by atoms with E-state index in [-0.39, 0.29) is 11.8 Å². The Morgan fingerprint density at radius 3 is 2.22 bits per heavy atom. The van der Waals surface area contributed by atoms with Gasteiger partial charge in [0, 0.05) is 28.9 Å². The van der Waals surface area contributed by atoms with Crippen LogP contribution in [0.3, 0.4) is 0 Å². The molecule has 3 rings (SSSR count). The van der Waals surface area contributed by atoms with Crippen LogP contribution >= 0.6 is 23.2 Å². The first-order valence-electron chi connectivity index (χ1n) is 10.2. The zero-order valence-electron chi connectivity index (χ0n) is 18.2. The number of benzene rings is 3. The second-order valence-corrected chi connectivity index (χ2v) is 8.44. The molecule has 5 nitrogen and oxygen atoms in total. The summed E-state index contributed by atoms with van der Waals surface area (Å²) in [6.07, 6.45) is 0. The Morgan fingerprint density at radius 1 is 0.938 bits per heavy atom. The lowest BCUT2D eigenvalue weighted by Gasteiger charge is -2.15. The molecule has 2 N–H and O–H groups in total. The first-order chi connectivity index (χ1) is 15.4. The molecule has 32 heavy (non-hydrogen) atoms. The second-order valence-electron chi connectivity index (χ2n) is 7.60. The lowest BCUT2D eigenvalue weighted by atomic mass is 10.1. The lowest BCUT2D eigenvalue weighted by molar-refractivity contribution is -0.118. The minimum atomic E-state index is -0.0642. The summed E-state index contributed by atoms with van der Waals surface area (Å²) in [6.45, 7) is 4.62. The first kappa shape index (κ1) is 23.8. The Kier molecular flexibility index (Phi) is 8.26. The van der Waals surface area contributed by atoms with E-state index in [1.165, 1.54) is 0 Å². The molecular formula is C25H26Cl2N2O3. The topological polar surface area (TPSA) is 59.6 Å². The summed E-state index contributed by atoms with van der Waals surface area (Å²) < 4.78 is 11.4. The van der Waals surface area contributed by atoms with E-state index in [1.807, 2.05) is 74.5 Å². The van der Waals surface area contributed by atoms with E-state index in [9.17, 15) is 4.79 Å². The van der Waals surface area contributed by atoms with Gasteiger partial charge in [0.25, 0.3) is 0 Å². The summed E-state index contributed by atoms with van der Waals surface area (Å²) in [5, 5.41) is 7.37. The molecule has 0 spiro atoms. The fraction of sp³-hybridized carbons (Fsp3) is 0.240. The van der Waals surface area contributed by atoms with E-state index < -0.39 is 0 Å². The third kappa shape index (κ3) is 6.55. The fourth-order valence-corrected chi connectivity index (χ4v) is 3.33. The summed E-state index contributed by atoms with van der Waals surface area (Å²) in [6, 6.07) is 18.8. The summed E-state index contributed by atoms with van der Waals surface area (Å²) in [5.74, 6) is 0.990. The molecule has 0 heterocycles. The van der Waals surface area contributed by atoms with Crippen LogP contribution < -0.4 is 20.1 Å². The molecule has 0 saturated heterocycles. The highest BCUT2D eigenvalue weighted by molar-refractivity contribution is 6.32. The van der Waals surface area contributed by atoms with Crippen LogP contribution in [0.4, 0.5) is 11.4 Å². The van der Waals surface area contributed by atoms with Gasteiger partial charge in [-0.15, -0.1) is 0 Å². The number of nitrogens with one attached hydrogen (secondary N) is 2. The van der Waals surface area contributed by atoms with E-state index in [0.717, 1.165) is 22.5 Å². The molecule has 0 fully saturated rings. The van der Waals surface area contributed by atoms with Gasteiger partial charge in [-0.25, -0.2) is 0 Å². The van der Waals surface area contributed by atoms with Crippen molar-refractivity contribution in [3.8, 4) is 11.5 Å². The summed E-state index contributed by atoms with van der Waals surface area (Å²) in [5.41, 5.74) is 3.61. The number of hydrogen-bond donors (Lipinski definition) is 2. The van der Waals surface area contributed by atoms with E-state index in [0.29, 0.717) is 34.7 Å². The molecular weight excluding hydrogens is 447 g/mol. The van der Waals surface area contributed by atoms with Gasteiger partial charge in [0.2, 0.25) is 5.91 Å². The van der Waals surface area contributed by atoms with Crippen LogP contribution in [0.25, 0.3) is 0 Å². The average Bonchev–Trinajstić information content (AvgIpc) is 2.78. The zero-order chi connectivity index (χ0) is 23.1. The maximum atomic E-state index is 11.8. The van der Waals surface area contributed by atoms with Crippen LogP contribution in [0, 0.1) is 5.92 Å². The van der Waals surface area contributed by atoms with Crippen molar-refractivity contribution in [3.63, 3.8) is 0 Å². The number of hydrogen-bond acceptors (Lipinski definition) is 4. The molecule has 168 valence electrons. The highest BCUT2D eigenvalue weighted by Crippen LogP contribution is 2.37. The van der Waals surface area contributed by atoms with Gasteiger partial charge >= 0.3 is 0 Å². The van der Waals surface area contributed by atoms with Gasteiger partial charge in [0.1, 0.15) is 6.61 Å². The molecule has 0 radical (unpaired) electrons. The van der Waals surface area contributed by atoms with Crippen molar-refractivity contribution in [1.82, 2.24) is 0 Å². The van der Waals surface area contributed by atoms with Gasteiger partial charge in [-0.3, -0.25) is 4.79 Å². The Hall–Kier alpha value is -2.89. The van der Waals surface area contributed by atoms with Crippen LogP contribution in [0.2, 0.25) is 10.0 Å². The van der Waals surface area contributed by atoms with Crippen molar-refractivity contribution in [3.05, 3.63) is 81.8 Å². The molecule has 0 aliphatic rings. The van der Waals surface area contributed by atoms with Crippen LogP contribution in [0.5, 0.6) is 11.5 Å². The molecule has 0 bridgehead atoms. The number of anilines is 2. The Labute approximate surface area is 198 Å². The molecule has 0 aliphatic heterocycles. The van der Waals surface area contributed by atoms with E-state index in [2.05, 4.69) is 10.6 Å². The highest BCUT2D eigenvalue weighted by atomic mass is 35.5. The van der Waals surface area contributed by atoms with E-state index >= 15 is 0 Å². The SMILES string of the molecule is COc1cc(CNc2ccc(NC(=O)C(C)C)cc2)cc(Cl)c1OCc1ccc(Cl)cc1. The van der Waals surface area contributed by atoms with Crippen molar-refractivity contribution in [2.24, 2.45) is 5.92 Å². The Bertz CT molecular complexity index is 1050. The quantitative estimate of drug-likeness (QED) is 0.359. The number of rotatable bonds is 9. The largest absolute Gasteiger partial charge is 0.493 e. The molecule has 0 atom stereocenters. The van der Waals surface area contributed by atoms with Crippen LogP contribution in [0.15, 0.2) is 60.7 Å². The van der Waals surface area contributed by atoms with Crippen molar-refractivity contribution in [2.75, 3.05) is 17.7 Å². The number of amides is 1. The first-order valence-corrected chi connectivity index (χ1v) is 11.0. The molecule has 7 heteroatoms. The van der Waals surface area contributed by atoms with Gasteiger partial charge < -0.3 is 20.1 Å².